The molecule has 0 amide bonds. The largest absolute Gasteiger partial charge is 0.462 e. The van der Waals surface area contributed by atoms with Crippen LogP contribution in [0.25, 0.3) is 33.4 Å². The van der Waals surface area contributed by atoms with Crippen LogP contribution in [0, 0.1) is 13.8 Å². The summed E-state index contributed by atoms with van der Waals surface area (Å²) < 4.78 is 11.8. The molecule has 0 saturated heterocycles. The molecule has 33 heavy (non-hydrogen) atoms. The van der Waals surface area contributed by atoms with Gasteiger partial charge in [0.05, 0.1) is 18.2 Å². The minimum atomic E-state index is -0.321. The minimum absolute atomic E-state index is 0.321. The molecule has 170 valence electrons. The molecule has 0 fully saturated rings. The summed E-state index contributed by atoms with van der Waals surface area (Å²) in [4.78, 5) is 16.2. The van der Waals surface area contributed by atoms with Crippen LogP contribution >= 0.6 is 0 Å². The molecule has 0 unspecified atom stereocenters. The maximum Gasteiger partial charge on any atom is 0.338 e. The van der Waals surface area contributed by atoms with Gasteiger partial charge >= 0.3 is 5.97 Å². The molecule has 5 heteroatoms. The summed E-state index contributed by atoms with van der Waals surface area (Å²) in [7, 11) is 0. The fourth-order valence-corrected chi connectivity index (χ4v) is 4.38. The predicted octanol–water partition coefficient (Wildman–Crippen LogP) is 4.43. The van der Waals surface area contributed by atoms with Crippen molar-refractivity contribution in [1.29, 1.82) is 0 Å². The summed E-state index contributed by atoms with van der Waals surface area (Å²) in [5.41, 5.74) is 7.37. The molecule has 2 aromatic rings. The lowest BCUT2D eigenvalue weighted by molar-refractivity contribution is -0.496. The molecule has 0 bridgehead atoms. The third kappa shape index (κ3) is 4.23. The van der Waals surface area contributed by atoms with E-state index in [2.05, 4.69) is 62.3 Å². The Kier molecular flexibility index (Phi) is 6.50. The summed E-state index contributed by atoms with van der Waals surface area (Å²) in [6, 6.07) is 16.0. The minimum Gasteiger partial charge on any atom is -0.462 e. The SMILES string of the molecule is CCNc1cc2oc3cc(=[NH+]CC)c(C)cc-3cc2c(-c2ccccc2C(=O)OCC)c1C. The summed E-state index contributed by atoms with van der Waals surface area (Å²) in [5.74, 6) is 0.498. The molecule has 0 aromatic heterocycles. The fraction of sp³-hybridized carbons (Fsp3) is 0.286. The Morgan fingerprint density at radius 2 is 1.85 bits per heavy atom. The van der Waals surface area contributed by atoms with Gasteiger partial charge < -0.3 is 14.5 Å². The van der Waals surface area contributed by atoms with Crippen LogP contribution < -0.4 is 15.7 Å². The number of ether oxygens (including phenoxy) is 1. The molecule has 1 aliphatic heterocycles. The lowest BCUT2D eigenvalue weighted by atomic mass is 9.90. The number of esters is 1. The second-order valence-corrected chi connectivity index (χ2v) is 8.11. The van der Waals surface area contributed by atoms with Gasteiger partial charge in [0.15, 0.2) is 0 Å². The molecule has 2 aromatic carbocycles. The average Bonchev–Trinajstić information content (AvgIpc) is 2.80. The highest BCUT2D eigenvalue weighted by molar-refractivity contribution is 6.06. The lowest BCUT2D eigenvalue weighted by Crippen LogP contribution is -2.76. The van der Waals surface area contributed by atoms with Gasteiger partial charge in [-0.3, -0.25) is 0 Å². The molecule has 0 atom stereocenters. The molecule has 4 rings (SSSR count). The van der Waals surface area contributed by atoms with Crippen LogP contribution in [0.15, 0.2) is 52.9 Å². The van der Waals surface area contributed by atoms with Crippen LogP contribution in [-0.4, -0.2) is 25.7 Å². The van der Waals surface area contributed by atoms with Crippen LogP contribution in [0.3, 0.4) is 0 Å². The second-order valence-electron chi connectivity index (χ2n) is 8.11. The first kappa shape index (κ1) is 22.6. The molecule has 1 aliphatic carbocycles. The van der Waals surface area contributed by atoms with Crippen LogP contribution in [0.1, 0.15) is 42.3 Å². The topological polar surface area (TPSA) is 65.4 Å². The van der Waals surface area contributed by atoms with E-state index >= 15 is 0 Å². The average molecular weight is 444 g/mol. The number of carbonyl (C=O) groups is 1. The highest BCUT2D eigenvalue weighted by Gasteiger charge is 2.21. The van der Waals surface area contributed by atoms with Gasteiger partial charge in [-0.15, -0.1) is 0 Å². The highest BCUT2D eigenvalue weighted by atomic mass is 16.5. The first-order chi connectivity index (χ1) is 16.0. The van der Waals surface area contributed by atoms with E-state index in [1.807, 2.05) is 31.2 Å². The second kappa shape index (κ2) is 9.49. The van der Waals surface area contributed by atoms with E-state index in [0.717, 1.165) is 68.7 Å². The Morgan fingerprint density at radius 3 is 2.58 bits per heavy atom. The summed E-state index contributed by atoms with van der Waals surface area (Å²) in [6.45, 7) is 12.1. The first-order valence-electron chi connectivity index (χ1n) is 11.6. The number of benzene rings is 3. The number of rotatable bonds is 6. The van der Waals surface area contributed by atoms with Crippen molar-refractivity contribution in [1.82, 2.24) is 0 Å². The zero-order valence-electron chi connectivity index (χ0n) is 20.0. The molecule has 1 heterocycles. The van der Waals surface area contributed by atoms with E-state index in [-0.39, 0.29) is 5.97 Å². The van der Waals surface area contributed by atoms with Crippen molar-refractivity contribution in [3.05, 3.63) is 70.6 Å². The van der Waals surface area contributed by atoms with Crippen molar-refractivity contribution >= 4 is 22.6 Å². The van der Waals surface area contributed by atoms with Crippen LogP contribution in [0.4, 0.5) is 5.69 Å². The van der Waals surface area contributed by atoms with Crippen molar-refractivity contribution < 1.29 is 18.9 Å². The van der Waals surface area contributed by atoms with Gasteiger partial charge in [0.1, 0.15) is 17.9 Å². The number of nitrogens with one attached hydrogen (secondary N) is 2. The van der Waals surface area contributed by atoms with E-state index in [0.29, 0.717) is 12.2 Å². The molecule has 0 radical (unpaired) electrons. The van der Waals surface area contributed by atoms with E-state index in [1.54, 1.807) is 0 Å². The van der Waals surface area contributed by atoms with Crippen molar-refractivity contribution in [3.63, 3.8) is 0 Å². The Bertz CT molecular complexity index is 1370. The van der Waals surface area contributed by atoms with E-state index in [1.165, 1.54) is 0 Å². The van der Waals surface area contributed by atoms with E-state index in [9.17, 15) is 4.79 Å². The molecule has 0 saturated carbocycles. The first-order valence-corrected chi connectivity index (χ1v) is 11.6. The number of hydrogen-bond acceptors (Lipinski definition) is 4. The van der Waals surface area contributed by atoms with Gasteiger partial charge in [-0.2, -0.15) is 0 Å². The Labute approximate surface area is 194 Å². The Morgan fingerprint density at radius 1 is 1.06 bits per heavy atom. The maximum atomic E-state index is 12.8. The van der Waals surface area contributed by atoms with E-state index < -0.39 is 0 Å². The maximum absolute atomic E-state index is 12.8. The Balaban J connectivity index is 2.09. The van der Waals surface area contributed by atoms with Crippen LogP contribution in [-0.2, 0) is 4.74 Å². The normalized spacial score (nSPS) is 11.8. The van der Waals surface area contributed by atoms with Gasteiger partial charge in [-0.25, -0.2) is 9.79 Å². The molecule has 5 nitrogen and oxygen atoms in total. The Hall–Kier alpha value is -3.60. The van der Waals surface area contributed by atoms with Crippen LogP contribution in [0.2, 0.25) is 0 Å². The monoisotopic (exact) mass is 443 g/mol. The quantitative estimate of drug-likeness (QED) is 0.342. The van der Waals surface area contributed by atoms with Gasteiger partial charge in [0.2, 0.25) is 5.36 Å². The lowest BCUT2D eigenvalue weighted by Gasteiger charge is -2.19. The zero-order valence-corrected chi connectivity index (χ0v) is 20.0. The highest BCUT2D eigenvalue weighted by Crippen LogP contribution is 2.41. The summed E-state index contributed by atoms with van der Waals surface area (Å²) in [5, 5.41) is 5.49. The van der Waals surface area contributed by atoms with Gasteiger partial charge in [0, 0.05) is 34.8 Å². The van der Waals surface area contributed by atoms with Gasteiger partial charge in [-0.05, 0) is 69.5 Å². The van der Waals surface area contributed by atoms with Crippen molar-refractivity contribution in [2.75, 3.05) is 25.0 Å². The van der Waals surface area contributed by atoms with Gasteiger partial charge in [-0.1, -0.05) is 18.2 Å². The standard InChI is InChI=1S/C28H30N2O3/c1-6-29-23-15-25-19(13-17(23)4)14-22-26(33-25)16-24(30-7-2)18(5)27(22)20-11-9-10-12-21(20)28(31)32-8-3/h9-16,30H,6-8H2,1-5H3/p+1. The molecular weight excluding hydrogens is 412 g/mol. The van der Waals surface area contributed by atoms with E-state index in [4.69, 9.17) is 9.15 Å². The number of aryl methyl sites for hydroxylation is 1. The van der Waals surface area contributed by atoms with Gasteiger partial charge in [0.25, 0.3) is 0 Å². The number of anilines is 1. The molecule has 0 spiro atoms. The third-order valence-corrected chi connectivity index (χ3v) is 5.89. The van der Waals surface area contributed by atoms with Crippen molar-refractivity contribution in [2.24, 2.45) is 0 Å². The number of fused-ring (bicyclic) bond motifs is 2. The van der Waals surface area contributed by atoms with Crippen molar-refractivity contribution in [2.45, 2.75) is 34.6 Å². The zero-order chi connectivity index (χ0) is 23.5. The summed E-state index contributed by atoms with van der Waals surface area (Å²) >= 11 is 0. The fourth-order valence-electron chi connectivity index (χ4n) is 4.38. The smallest absolute Gasteiger partial charge is 0.338 e. The summed E-state index contributed by atoms with van der Waals surface area (Å²) in [6.07, 6.45) is 0. The number of carbonyl (C=O) groups excluding carboxylic acids is 1. The van der Waals surface area contributed by atoms with Crippen LogP contribution in [0.5, 0.6) is 0 Å². The number of hydrogen-bond donors (Lipinski definition) is 2. The molecular formula is C28H31N2O3+. The third-order valence-electron chi connectivity index (χ3n) is 5.89. The molecule has 2 aliphatic rings. The predicted molar refractivity (Wildman–Crippen MR) is 133 cm³/mol. The molecule has 2 N–H and O–H groups in total. The van der Waals surface area contributed by atoms with Crippen molar-refractivity contribution in [3.8, 4) is 22.5 Å².